The molecule has 6 aromatic carbocycles. The second kappa shape index (κ2) is 24.0. The summed E-state index contributed by atoms with van der Waals surface area (Å²) >= 11 is 0. The Hall–Kier alpha value is -5.76. The Labute approximate surface area is 399 Å². The van der Waals surface area contributed by atoms with Gasteiger partial charge in [-0.2, -0.15) is 8.78 Å². The largest absolute Gasteiger partial charge is 0.491 e. The van der Waals surface area contributed by atoms with Crippen LogP contribution in [0.1, 0.15) is 128 Å². The van der Waals surface area contributed by atoms with Crippen molar-refractivity contribution >= 4 is 5.57 Å². The first-order valence-corrected chi connectivity index (χ1v) is 24.7. The summed E-state index contributed by atoms with van der Waals surface area (Å²) in [5, 5.41) is 0. The van der Waals surface area contributed by atoms with Crippen molar-refractivity contribution in [2.24, 2.45) is 11.8 Å². The maximum Gasteiger partial charge on any atom is 0.201 e. The Morgan fingerprint density at radius 1 is 0.441 bits per heavy atom. The van der Waals surface area contributed by atoms with Gasteiger partial charge in [-0.25, -0.2) is 17.6 Å². The van der Waals surface area contributed by atoms with Crippen LogP contribution >= 0.6 is 0 Å². The van der Waals surface area contributed by atoms with Crippen molar-refractivity contribution in [1.29, 1.82) is 0 Å². The summed E-state index contributed by atoms with van der Waals surface area (Å²) in [4.78, 5) is 0. The quantitative estimate of drug-likeness (QED) is 0.0711. The van der Waals surface area contributed by atoms with Gasteiger partial charge in [0.05, 0.1) is 13.2 Å². The molecule has 0 heterocycles. The van der Waals surface area contributed by atoms with Gasteiger partial charge in [0.2, 0.25) is 11.6 Å². The highest BCUT2D eigenvalue weighted by atomic mass is 19.2. The highest BCUT2D eigenvalue weighted by molar-refractivity contribution is 5.75. The van der Waals surface area contributed by atoms with Gasteiger partial charge in [0.15, 0.2) is 23.1 Å². The lowest BCUT2D eigenvalue weighted by Gasteiger charge is -2.29. The van der Waals surface area contributed by atoms with E-state index < -0.39 is 23.3 Å². The highest BCUT2D eigenvalue weighted by Crippen LogP contribution is 2.40. The molecule has 1 saturated carbocycles. The number of hydrogen-bond donors (Lipinski definition) is 0. The molecule has 0 spiro atoms. The Bertz CT molecular complexity index is 2630. The number of rotatable bonds is 16. The third kappa shape index (κ3) is 12.1. The van der Waals surface area contributed by atoms with E-state index in [-0.39, 0.29) is 47.5 Å². The van der Waals surface area contributed by atoms with Gasteiger partial charge in [0.25, 0.3) is 0 Å². The van der Waals surface area contributed by atoms with Gasteiger partial charge in [-0.3, -0.25) is 0 Å². The SMILES string of the molecule is CCCC1CCC(c2ccc(-c3ccc(-c4ccc(OCC)c(F)c4F)cc3)cc2F)CC1.CCCCCC1CC=C(c2ccc(-c3ccc(-c4ccc(OCC)c(F)c4F)cc3)cc2F)CC1. The Balaban J connectivity index is 0.000000202. The molecule has 0 radical (unpaired) electrons. The first-order chi connectivity index (χ1) is 33.0. The van der Waals surface area contributed by atoms with Gasteiger partial charge >= 0.3 is 0 Å². The average Bonchev–Trinajstić information content (AvgIpc) is 3.36. The molecular weight excluding hydrogens is 867 g/mol. The molecule has 0 saturated heterocycles. The molecule has 0 aromatic heterocycles. The second-order valence-corrected chi connectivity index (χ2v) is 18.3. The molecule has 8 heteroatoms. The minimum Gasteiger partial charge on any atom is -0.491 e. The lowest BCUT2D eigenvalue weighted by atomic mass is 9.77. The van der Waals surface area contributed by atoms with Crippen LogP contribution in [-0.4, -0.2) is 13.2 Å². The van der Waals surface area contributed by atoms with Crippen molar-refractivity contribution in [3.05, 3.63) is 161 Å². The number of unbranched alkanes of at least 4 members (excludes halogenated alkanes) is 2. The van der Waals surface area contributed by atoms with E-state index in [2.05, 4.69) is 19.9 Å². The minimum atomic E-state index is -0.990. The van der Waals surface area contributed by atoms with E-state index in [0.717, 1.165) is 77.3 Å². The van der Waals surface area contributed by atoms with Crippen LogP contribution in [0.15, 0.2) is 115 Å². The molecule has 2 aliphatic carbocycles. The summed E-state index contributed by atoms with van der Waals surface area (Å²) in [6.07, 6.45) is 17.4. The van der Waals surface area contributed by atoms with Gasteiger partial charge in [-0.15, -0.1) is 0 Å². The molecule has 1 atom stereocenters. The van der Waals surface area contributed by atoms with Crippen LogP contribution in [0.25, 0.3) is 50.1 Å². The van der Waals surface area contributed by atoms with Gasteiger partial charge in [-0.1, -0.05) is 131 Å². The normalized spacial score (nSPS) is 17.0. The first-order valence-electron chi connectivity index (χ1n) is 24.7. The van der Waals surface area contributed by atoms with Crippen LogP contribution in [0.3, 0.4) is 0 Å². The van der Waals surface area contributed by atoms with Gasteiger partial charge in [-0.05, 0) is 157 Å². The maximum atomic E-state index is 15.1. The fourth-order valence-electron chi connectivity index (χ4n) is 9.97. The standard InChI is InChI=1S/C31H33F3O.C29H31F3O/c1-3-5-6-7-21-8-10-23(11-9-21)26-17-16-25(20-28(26)32)22-12-14-24(15-13-22)27-18-19-29(35-4-2)31(34)30(27)33;1-3-5-19-6-8-21(9-7-19)24-15-14-23(18-26(24)30)20-10-12-22(13-11-20)25-16-17-27(33-4-2)29(32)28(25)31/h10,12-21H,3-9,11H2,1-2H3;10-19,21H,3-9H2,1-2H3. The van der Waals surface area contributed by atoms with E-state index in [0.29, 0.717) is 22.6 Å². The summed E-state index contributed by atoms with van der Waals surface area (Å²) in [6, 6.07) is 30.9. The average molecular weight is 931 g/mol. The Morgan fingerprint density at radius 3 is 1.41 bits per heavy atom. The van der Waals surface area contributed by atoms with Crippen LogP contribution in [0.4, 0.5) is 26.3 Å². The molecule has 0 aliphatic heterocycles. The van der Waals surface area contributed by atoms with Crippen LogP contribution in [-0.2, 0) is 0 Å². The second-order valence-electron chi connectivity index (χ2n) is 18.3. The minimum absolute atomic E-state index is 0.0928. The highest BCUT2D eigenvalue weighted by Gasteiger charge is 2.25. The summed E-state index contributed by atoms with van der Waals surface area (Å²) in [7, 11) is 0. The van der Waals surface area contributed by atoms with E-state index in [1.165, 1.54) is 75.6 Å². The van der Waals surface area contributed by atoms with Crippen molar-refractivity contribution in [1.82, 2.24) is 0 Å². The van der Waals surface area contributed by atoms with E-state index >= 15 is 8.78 Å². The molecule has 68 heavy (non-hydrogen) atoms. The summed E-state index contributed by atoms with van der Waals surface area (Å²) in [5.41, 5.74) is 7.23. The number of allylic oxidation sites excluding steroid dienone is 2. The number of halogens is 6. The molecule has 2 aliphatic rings. The predicted molar refractivity (Wildman–Crippen MR) is 266 cm³/mol. The molecule has 8 rings (SSSR count). The summed E-state index contributed by atoms with van der Waals surface area (Å²) in [5.74, 6) is -2.60. The van der Waals surface area contributed by atoms with Crippen molar-refractivity contribution in [2.45, 2.75) is 117 Å². The van der Waals surface area contributed by atoms with E-state index in [1.54, 1.807) is 62.4 Å². The fraction of sp³-hybridized carbons (Fsp3) is 0.367. The van der Waals surface area contributed by atoms with E-state index in [9.17, 15) is 17.6 Å². The van der Waals surface area contributed by atoms with E-state index in [1.807, 2.05) is 36.4 Å². The zero-order chi connectivity index (χ0) is 48.2. The number of benzene rings is 6. The smallest absolute Gasteiger partial charge is 0.201 e. The topological polar surface area (TPSA) is 18.5 Å². The fourth-order valence-corrected chi connectivity index (χ4v) is 9.97. The Kier molecular flexibility index (Phi) is 17.7. The van der Waals surface area contributed by atoms with Crippen LogP contribution < -0.4 is 9.47 Å². The van der Waals surface area contributed by atoms with Crippen molar-refractivity contribution in [2.75, 3.05) is 13.2 Å². The molecule has 1 fully saturated rings. The van der Waals surface area contributed by atoms with Crippen molar-refractivity contribution in [3.63, 3.8) is 0 Å². The first kappa shape index (κ1) is 50.1. The predicted octanol–water partition coefficient (Wildman–Crippen LogP) is 18.5. The third-order valence-corrected chi connectivity index (χ3v) is 13.8. The lowest BCUT2D eigenvalue weighted by molar-refractivity contribution is 0.304. The summed E-state index contributed by atoms with van der Waals surface area (Å²) < 4.78 is 97.9. The molecule has 2 nitrogen and oxygen atoms in total. The van der Waals surface area contributed by atoms with E-state index in [4.69, 9.17) is 9.47 Å². The zero-order valence-electron chi connectivity index (χ0n) is 39.9. The lowest BCUT2D eigenvalue weighted by Crippen LogP contribution is -2.14. The molecule has 0 N–H and O–H groups in total. The van der Waals surface area contributed by atoms with Crippen molar-refractivity contribution < 1.29 is 35.8 Å². The van der Waals surface area contributed by atoms with Crippen LogP contribution in [0.5, 0.6) is 11.5 Å². The Morgan fingerprint density at radius 2 is 0.941 bits per heavy atom. The molecule has 1 unspecified atom stereocenters. The monoisotopic (exact) mass is 930 g/mol. The molecule has 0 amide bonds. The van der Waals surface area contributed by atoms with Gasteiger partial charge < -0.3 is 9.47 Å². The molecule has 358 valence electrons. The number of ether oxygens (including phenoxy) is 2. The van der Waals surface area contributed by atoms with Crippen LogP contribution in [0, 0.1) is 46.7 Å². The third-order valence-electron chi connectivity index (χ3n) is 13.8. The van der Waals surface area contributed by atoms with Gasteiger partial charge in [0, 0.05) is 16.7 Å². The van der Waals surface area contributed by atoms with Crippen LogP contribution in [0.2, 0.25) is 0 Å². The zero-order valence-corrected chi connectivity index (χ0v) is 39.9. The number of hydrogen-bond acceptors (Lipinski definition) is 2. The van der Waals surface area contributed by atoms with Crippen molar-refractivity contribution in [3.8, 4) is 56.0 Å². The summed E-state index contributed by atoms with van der Waals surface area (Å²) in [6.45, 7) is 8.41. The van der Waals surface area contributed by atoms with Gasteiger partial charge in [0.1, 0.15) is 11.6 Å². The maximum absolute atomic E-state index is 15.1. The molecular formula is C60H64F6O2. The molecule has 6 aromatic rings. The molecule has 0 bridgehead atoms.